The number of carboxylic acid groups (broad SMARTS) is 1. The normalized spacial score (nSPS) is 21.9. The second kappa shape index (κ2) is 16.4. The van der Waals surface area contributed by atoms with Gasteiger partial charge in [-0.3, -0.25) is 19.2 Å². The Kier molecular flexibility index (Phi) is 11.6. The highest BCUT2D eigenvalue weighted by atomic mass is 32.2. The summed E-state index contributed by atoms with van der Waals surface area (Å²) in [5.41, 5.74) is -0.795. The molecule has 2 aliphatic carbocycles. The number of carbonyl (C=O) groups is 5. The van der Waals surface area contributed by atoms with Crippen molar-refractivity contribution in [2.24, 2.45) is 11.3 Å². The van der Waals surface area contributed by atoms with Gasteiger partial charge in [-0.1, -0.05) is 26.8 Å². The van der Waals surface area contributed by atoms with Crippen LogP contribution < -0.4 is 20.9 Å². The number of carbonyl (C=O) groups excluding carboxylic acids is 4. The van der Waals surface area contributed by atoms with Crippen molar-refractivity contribution >= 4 is 62.5 Å². The lowest BCUT2D eigenvalue weighted by Gasteiger charge is -2.36. The first-order valence-corrected chi connectivity index (χ1v) is 22.6. The van der Waals surface area contributed by atoms with Crippen LogP contribution in [0.25, 0.3) is 22.3 Å². The molecule has 16 nitrogen and oxygen atoms in total. The minimum atomic E-state index is -4.53. The summed E-state index contributed by atoms with van der Waals surface area (Å²) in [6.45, 7) is 8.82. The quantitative estimate of drug-likeness (QED) is 0.134. The van der Waals surface area contributed by atoms with Crippen molar-refractivity contribution in [2.75, 3.05) is 6.54 Å². The number of thiophene rings is 2. The van der Waals surface area contributed by atoms with Crippen LogP contribution in [0.5, 0.6) is 0 Å². The van der Waals surface area contributed by atoms with Gasteiger partial charge in [-0.2, -0.15) is 27.8 Å². The lowest BCUT2D eigenvalue weighted by atomic mass is 9.85. The van der Waals surface area contributed by atoms with Crippen LogP contribution in [0.3, 0.4) is 0 Å². The molecule has 4 aromatic rings. The summed E-state index contributed by atoms with van der Waals surface area (Å²) in [5.74, 6) is -4.47. The van der Waals surface area contributed by atoms with E-state index in [9.17, 15) is 42.3 Å². The van der Waals surface area contributed by atoms with Crippen LogP contribution in [0.4, 0.5) is 4.79 Å². The van der Waals surface area contributed by atoms with Gasteiger partial charge < -0.3 is 25.4 Å². The molecule has 2 saturated carbocycles. The van der Waals surface area contributed by atoms with Gasteiger partial charge in [0.05, 0.1) is 28.3 Å². The van der Waals surface area contributed by atoms with Crippen LogP contribution in [0.15, 0.2) is 86.5 Å². The average molecular weight is 877 g/mol. The minimum absolute atomic E-state index is 0.0140. The Morgan fingerprint density at radius 3 is 2.25 bits per heavy atom. The number of aromatic carboxylic acids is 1. The van der Waals surface area contributed by atoms with Gasteiger partial charge in [0.15, 0.2) is 0 Å². The van der Waals surface area contributed by atoms with Crippen LogP contribution in [-0.2, 0) is 29.1 Å². The van der Waals surface area contributed by atoms with E-state index in [4.69, 9.17) is 4.74 Å². The van der Waals surface area contributed by atoms with Crippen molar-refractivity contribution in [1.29, 1.82) is 0 Å². The molecule has 1 saturated heterocycles. The molecule has 1 aliphatic heterocycles. The molecular weight excluding hydrogens is 833 g/mol. The molecular formula is C41H44N6O10S3. The van der Waals surface area contributed by atoms with Gasteiger partial charge in [-0.25, -0.2) is 27.4 Å². The maximum Gasteiger partial charge on any atom is 0.408 e. The molecule has 3 fully saturated rings. The number of alkyl carbamates (subject to hydrolysis) is 1. The summed E-state index contributed by atoms with van der Waals surface area (Å²) in [6, 6.07) is 4.59. The van der Waals surface area contributed by atoms with Crippen molar-refractivity contribution < 1.29 is 42.2 Å². The SMILES string of the molecule is C=C[C@@H]1C[C@]1(NC(=O)[C@@H]1C[C@@H](n2ncc(-c3ccsc3)c(-c3ccsc3)c2=O)CN1C(=O)[C@@H](NC(=O)OC1CCC1)C(C)(C)C)C(=O)NS(=O)(=O)c1ccc(C(=O)O)cc1. The third kappa shape index (κ3) is 8.38. The fraction of sp³-hybridized carbons (Fsp3) is 0.390. The van der Waals surface area contributed by atoms with Crippen molar-refractivity contribution in [3.05, 3.63) is 92.7 Å². The predicted molar refractivity (Wildman–Crippen MR) is 223 cm³/mol. The fourth-order valence-corrected chi connectivity index (χ4v) is 9.87. The van der Waals surface area contributed by atoms with E-state index in [0.29, 0.717) is 29.5 Å². The second-order valence-corrected chi connectivity index (χ2v) is 19.5. The molecule has 0 bridgehead atoms. The summed E-state index contributed by atoms with van der Waals surface area (Å²) in [7, 11) is -4.53. The van der Waals surface area contributed by atoms with Gasteiger partial charge in [-0.05, 0) is 100 Å². The van der Waals surface area contributed by atoms with Crippen molar-refractivity contribution in [3.63, 3.8) is 0 Å². The van der Waals surface area contributed by atoms with E-state index < -0.39 is 80.4 Å². The highest BCUT2D eigenvalue weighted by Crippen LogP contribution is 2.45. The van der Waals surface area contributed by atoms with E-state index in [1.807, 2.05) is 38.4 Å². The third-order valence-corrected chi connectivity index (χ3v) is 14.0. The zero-order valence-electron chi connectivity index (χ0n) is 33.0. The third-order valence-electron chi connectivity index (χ3n) is 11.2. The highest BCUT2D eigenvalue weighted by Gasteiger charge is 2.61. The first-order chi connectivity index (χ1) is 28.4. The number of nitrogens with zero attached hydrogens (tertiary/aromatic N) is 3. The van der Waals surface area contributed by atoms with Crippen molar-refractivity contribution in [3.8, 4) is 22.3 Å². The molecule has 4 amide bonds. The monoisotopic (exact) mass is 876 g/mol. The maximum atomic E-state index is 14.7. The Morgan fingerprint density at radius 1 is 1.03 bits per heavy atom. The van der Waals surface area contributed by atoms with Gasteiger partial charge >= 0.3 is 12.1 Å². The first kappa shape index (κ1) is 42.5. The van der Waals surface area contributed by atoms with Crippen LogP contribution in [0.2, 0.25) is 0 Å². The molecule has 0 radical (unpaired) electrons. The summed E-state index contributed by atoms with van der Waals surface area (Å²) in [4.78, 5) is 83.0. The van der Waals surface area contributed by atoms with Gasteiger partial charge in [0, 0.05) is 24.4 Å². The molecule has 3 aliphatic rings. The number of hydrogen-bond acceptors (Lipinski definition) is 12. The standard InChI is InChI=1S/C41H44N6O10S3/c1-5-26-18-41(26,38(53)45-60(55,56)29-11-9-23(10-12-29)37(51)52)44-34(48)31-17-27(20-46(31)36(50)33(40(2,3)4)43-39(54)57-28-7-6-8-28)47-35(49)32(25-14-16-59-22-25)30(19-42-47)24-13-15-58-21-24/h5,9-16,19,21-22,26-28,31,33H,1,6-8,17-18,20H2,2-4H3,(H,43,54)(H,44,48)(H,45,53)(H,51,52)/t26-,27-,31+,33-,41-/m1/s1. The van der Waals surface area contributed by atoms with E-state index in [2.05, 4.69) is 22.3 Å². The highest BCUT2D eigenvalue weighted by molar-refractivity contribution is 7.90. The average Bonchev–Trinajstić information content (AvgIpc) is 3.70. The number of ether oxygens (including phenoxy) is 1. The Balaban J connectivity index is 1.22. The number of nitrogens with one attached hydrogen (secondary N) is 3. The molecule has 316 valence electrons. The summed E-state index contributed by atoms with van der Waals surface area (Å²) >= 11 is 2.88. The van der Waals surface area contributed by atoms with Crippen LogP contribution in [-0.4, -0.2) is 88.3 Å². The number of rotatable bonds is 13. The molecule has 5 atom stereocenters. The number of benzene rings is 1. The summed E-state index contributed by atoms with van der Waals surface area (Å²) < 4.78 is 35.4. The van der Waals surface area contributed by atoms with Crippen LogP contribution >= 0.6 is 22.7 Å². The lowest BCUT2D eigenvalue weighted by molar-refractivity contribution is -0.142. The molecule has 3 aromatic heterocycles. The number of amides is 4. The number of aromatic nitrogens is 2. The van der Waals surface area contributed by atoms with E-state index in [-0.39, 0.29) is 35.9 Å². The summed E-state index contributed by atoms with van der Waals surface area (Å²) in [5, 5.41) is 26.7. The van der Waals surface area contributed by atoms with E-state index >= 15 is 0 Å². The van der Waals surface area contributed by atoms with E-state index in [0.717, 1.165) is 36.2 Å². The molecule has 0 unspecified atom stereocenters. The Morgan fingerprint density at radius 2 is 1.70 bits per heavy atom. The Hall–Kier alpha value is -5.66. The van der Waals surface area contributed by atoms with Gasteiger partial charge in [0.1, 0.15) is 23.7 Å². The topological polar surface area (TPSA) is 223 Å². The minimum Gasteiger partial charge on any atom is -0.478 e. The lowest BCUT2D eigenvalue weighted by Crippen LogP contribution is -2.60. The van der Waals surface area contributed by atoms with Crippen molar-refractivity contribution in [1.82, 2.24) is 30.0 Å². The Bertz CT molecular complexity index is 2490. The maximum absolute atomic E-state index is 14.7. The Labute approximate surface area is 353 Å². The molecule has 1 aromatic carbocycles. The predicted octanol–water partition coefficient (Wildman–Crippen LogP) is 4.80. The van der Waals surface area contributed by atoms with Crippen LogP contribution in [0, 0.1) is 11.3 Å². The number of sulfonamides is 1. The second-order valence-electron chi connectivity index (χ2n) is 16.3. The molecule has 0 spiro atoms. The van der Waals surface area contributed by atoms with E-state index in [1.54, 1.807) is 27.0 Å². The summed E-state index contributed by atoms with van der Waals surface area (Å²) in [6.07, 6.45) is 4.13. The number of carboxylic acids is 1. The first-order valence-electron chi connectivity index (χ1n) is 19.2. The molecule has 60 heavy (non-hydrogen) atoms. The molecule has 19 heteroatoms. The zero-order chi connectivity index (χ0) is 43.1. The van der Waals surface area contributed by atoms with Gasteiger partial charge in [-0.15, -0.1) is 6.58 Å². The zero-order valence-corrected chi connectivity index (χ0v) is 35.4. The molecule has 4 N–H and O–H groups in total. The fourth-order valence-electron chi connectivity index (χ4n) is 7.52. The molecule has 4 heterocycles. The van der Waals surface area contributed by atoms with Gasteiger partial charge in [0.25, 0.3) is 21.5 Å². The number of hydrogen-bond donors (Lipinski definition) is 4. The number of likely N-dealkylation sites (tertiary alicyclic amines) is 1. The van der Waals surface area contributed by atoms with E-state index in [1.165, 1.54) is 38.3 Å². The van der Waals surface area contributed by atoms with Crippen molar-refractivity contribution in [2.45, 2.75) is 87.5 Å². The smallest absolute Gasteiger partial charge is 0.408 e. The largest absolute Gasteiger partial charge is 0.478 e. The molecule has 7 rings (SSSR count). The van der Waals surface area contributed by atoms with Gasteiger partial charge in [0.2, 0.25) is 11.8 Å². The van der Waals surface area contributed by atoms with Crippen LogP contribution in [0.1, 0.15) is 69.3 Å².